The predicted octanol–water partition coefficient (Wildman–Crippen LogP) is 5.95. The molecule has 0 spiro atoms. The van der Waals surface area contributed by atoms with Crippen molar-refractivity contribution < 1.29 is 4.79 Å². The number of fused-ring (bicyclic) bond motifs is 1. The van der Waals surface area contributed by atoms with Crippen molar-refractivity contribution in [3.05, 3.63) is 62.0 Å². The number of nitrogens with zero attached hydrogens (tertiary/aromatic N) is 2. The van der Waals surface area contributed by atoms with E-state index >= 15 is 0 Å². The van der Waals surface area contributed by atoms with Crippen LogP contribution in [0, 0.1) is 5.92 Å². The molecule has 6 heteroatoms. The van der Waals surface area contributed by atoms with E-state index in [0.29, 0.717) is 10.0 Å². The second-order valence-corrected chi connectivity index (χ2v) is 9.60. The van der Waals surface area contributed by atoms with Crippen LogP contribution in [0.4, 0.5) is 5.69 Å². The molecule has 148 valence electrons. The van der Waals surface area contributed by atoms with Crippen LogP contribution in [0.15, 0.2) is 40.9 Å². The zero-order valence-corrected chi connectivity index (χ0v) is 18.9. The fourth-order valence-corrected chi connectivity index (χ4v) is 5.30. The summed E-state index contributed by atoms with van der Waals surface area (Å²) >= 11 is 15.9. The van der Waals surface area contributed by atoms with E-state index in [1.54, 1.807) is 6.07 Å². The lowest BCUT2D eigenvalue weighted by molar-refractivity contribution is -0.124. The number of likely N-dealkylation sites (tertiary alicyclic amines) is 1. The van der Waals surface area contributed by atoms with Crippen molar-refractivity contribution in [2.75, 3.05) is 18.0 Å². The smallest absolute Gasteiger partial charge is 0.231 e. The van der Waals surface area contributed by atoms with E-state index in [1.165, 1.54) is 5.56 Å². The van der Waals surface area contributed by atoms with Gasteiger partial charge in [-0.3, -0.25) is 9.69 Å². The van der Waals surface area contributed by atoms with Crippen molar-refractivity contribution in [2.24, 2.45) is 5.92 Å². The molecule has 28 heavy (non-hydrogen) atoms. The summed E-state index contributed by atoms with van der Waals surface area (Å²) in [6, 6.07) is 12.1. The summed E-state index contributed by atoms with van der Waals surface area (Å²) in [5, 5.41) is 1.34. The third-order valence-corrected chi connectivity index (χ3v) is 6.84. The average Bonchev–Trinajstić information content (AvgIpc) is 2.98. The van der Waals surface area contributed by atoms with E-state index in [2.05, 4.69) is 39.9 Å². The van der Waals surface area contributed by atoms with Gasteiger partial charge in [-0.2, -0.15) is 0 Å². The maximum Gasteiger partial charge on any atom is 0.231 e. The van der Waals surface area contributed by atoms with Crippen molar-refractivity contribution in [3.63, 3.8) is 0 Å². The molecule has 0 N–H and O–H groups in total. The van der Waals surface area contributed by atoms with Crippen LogP contribution in [0.3, 0.4) is 0 Å². The van der Waals surface area contributed by atoms with Crippen LogP contribution in [0.1, 0.15) is 30.9 Å². The maximum absolute atomic E-state index is 13.4. The number of halogens is 3. The molecule has 0 bridgehead atoms. The number of hydrogen-bond acceptors (Lipinski definition) is 2. The molecule has 2 aliphatic heterocycles. The Labute approximate surface area is 184 Å². The van der Waals surface area contributed by atoms with Gasteiger partial charge in [0.25, 0.3) is 0 Å². The van der Waals surface area contributed by atoms with E-state index in [9.17, 15) is 4.79 Å². The Morgan fingerprint density at radius 2 is 2.04 bits per heavy atom. The van der Waals surface area contributed by atoms with Crippen LogP contribution in [0.5, 0.6) is 0 Å². The van der Waals surface area contributed by atoms with Gasteiger partial charge in [-0.05, 0) is 74.2 Å². The number of amides is 1. The summed E-state index contributed by atoms with van der Waals surface area (Å²) in [7, 11) is 0. The van der Waals surface area contributed by atoms with E-state index in [0.717, 1.165) is 54.6 Å². The Kier molecular flexibility index (Phi) is 6.03. The van der Waals surface area contributed by atoms with Gasteiger partial charge in [-0.15, -0.1) is 0 Å². The lowest BCUT2D eigenvalue weighted by atomic mass is 9.95. The van der Waals surface area contributed by atoms with Crippen molar-refractivity contribution in [3.8, 4) is 0 Å². The van der Waals surface area contributed by atoms with Crippen LogP contribution >= 0.6 is 39.1 Å². The van der Waals surface area contributed by atoms with E-state index in [-0.39, 0.29) is 17.9 Å². The predicted molar refractivity (Wildman–Crippen MR) is 119 cm³/mol. The molecule has 1 amide bonds. The van der Waals surface area contributed by atoms with Gasteiger partial charge in [-0.1, -0.05) is 45.2 Å². The molecule has 0 radical (unpaired) electrons. The van der Waals surface area contributed by atoms with Gasteiger partial charge in [-0.25, -0.2) is 0 Å². The molecule has 2 heterocycles. The number of carbonyl (C=O) groups excluding carboxylic acids is 1. The second-order valence-electron chi connectivity index (χ2n) is 7.84. The molecule has 1 saturated heterocycles. The van der Waals surface area contributed by atoms with Crippen LogP contribution in [0.25, 0.3) is 0 Å². The fourth-order valence-electron chi connectivity index (χ4n) is 4.42. The number of anilines is 1. The highest BCUT2D eigenvalue weighted by atomic mass is 79.9. The molecule has 3 nitrogen and oxygen atoms in total. The first-order chi connectivity index (χ1) is 13.4. The number of benzene rings is 2. The van der Waals surface area contributed by atoms with Crippen molar-refractivity contribution in [2.45, 2.75) is 38.8 Å². The van der Waals surface area contributed by atoms with Gasteiger partial charge in [0, 0.05) is 39.3 Å². The highest BCUT2D eigenvalue weighted by Crippen LogP contribution is 2.36. The summed E-state index contributed by atoms with van der Waals surface area (Å²) in [6.07, 6.45) is 2.88. The zero-order chi connectivity index (χ0) is 19.8. The fraction of sp³-hybridized carbons (Fsp3) is 0.409. The number of hydrogen-bond donors (Lipinski definition) is 0. The minimum Gasteiger partial charge on any atom is -0.309 e. The molecule has 4 rings (SSSR count). The third-order valence-electron chi connectivity index (χ3n) is 5.76. The quantitative estimate of drug-likeness (QED) is 0.541. The minimum atomic E-state index is 0.0249. The third kappa shape index (κ3) is 4.11. The summed E-state index contributed by atoms with van der Waals surface area (Å²) < 4.78 is 1.07. The summed E-state index contributed by atoms with van der Waals surface area (Å²) in [4.78, 5) is 17.8. The highest BCUT2D eigenvalue weighted by molar-refractivity contribution is 9.10. The molecular formula is C22H23BrCl2N2O. The van der Waals surface area contributed by atoms with Gasteiger partial charge in [0.1, 0.15) is 0 Å². The molecule has 0 aromatic heterocycles. The largest absolute Gasteiger partial charge is 0.309 e. The molecule has 2 aromatic rings. The normalized spacial score (nSPS) is 22.4. The monoisotopic (exact) mass is 480 g/mol. The molecule has 0 aliphatic carbocycles. The lowest BCUT2D eigenvalue weighted by Gasteiger charge is -2.35. The topological polar surface area (TPSA) is 23.6 Å². The highest BCUT2D eigenvalue weighted by Gasteiger charge is 2.36. The Bertz CT molecular complexity index is 904. The van der Waals surface area contributed by atoms with Crippen LogP contribution < -0.4 is 4.90 Å². The maximum atomic E-state index is 13.4. The van der Waals surface area contributed by atoms with Gasteiger partial charge in [0.15, 0.2) is 0 Å². The lowest BCUT2D eigenvalue weighted by Crippen LogP contribution is -2.46. The molecule has 2 aliphatic rings. The van der Waals surface area contributed by atoms with Crippen LogP contribution in [-0.4, -0.2) is 29.9 Å². The van der Waals surface area contributed by atoms with Gasteiger partial charge < -0.3 is 4.90 Å². The average molecular weight is 482 g/mol. The zero-order valence-electron chi connectivity index (χ0n) is 15.8. The molecule has 1 fully saturated rings. The molecule has 2 atom stereocenters. The Morgan fingerprint density at radius 1 is 1.21 bits per heavy atom. The first-order valence-corrected chi connectivity index (χ1v) is 11.2. The standard InChI is InChI=1S/C22H23BrCl2N2O/c1-14-9-17-10-18(23)5-7-21(17)27(14)22(28)16-3-2-8-26(13-16)12-15-4-6-19(24)11-20(15)25/h4-7,10-11,14,16H,2-3,8-9,12-13H2,1H3/t14-,16-/m0/s1. The number of carbonyl (C=O) groups is 1. The summed E-state index contributed by atoms with van der Waals surface area (Å²) in [6.45, 7) is 4.65. The second kappa shape index (κ2) is 8.35. The SMILES string of the molecule is C[C@H]1Cc2cc(Br)ccc2N1C(=O)[C@H]1CCCN(Cc2ccc(Cl)cc2Cl)C1. The van der Waals surface area contributed by atoms with Crippen molar-refractivity contribution in [1.82, 2.24) is 4.90 Å². The Morgan fingerprint density at radius 3 is 2.82 bits per heavy atom. The molecule has 2 aromatic carbocycles. The Hall–Kier alpha value is -1.07. The molecular weight excluding hydrogens is 459 g/mol. The van der Waals surface area contributed by atoms with Gasteiger partial charge in [0.05, 0.1) is 5.92 Å². The van der Waals surface area contributed by atoms with Crippen LogP contribution in [0.2, 0.25) is 10.0 Å². The van der Waals surface area contributed by atoms with Crippen molar-refractivity contribution in [1.29, 1.82) is 0 Å². The first kappa shape index (κ1) is 20.2. The van der Waals surface area contributed by atoms with Crippen LogP contribution in [-0.2, 0) is 17.8 Å². The van der Waals surface area contributed by atoms with Gasteiger partial charge >= 0.3 is 0 Å². The van der Waals surface area contributed by atoms with Gasteiger partial charge in [0.2, 0.25) is 5.91 Å². The summed E-state index contributed by atoms with van der Waals surface area (Å²) in [5.74, 6) is 0.275. The number of rotatable bonds is 3. The summed E-state index contributed by atoms with van der Waals surface area (Å²) in [5.41, 5.74) is 3.37. The van der Waals surface area contributed by atoms with Crippen molar-refractivity contribution >= 4 is 50.7 Å². The number of piperidine rings is 1. The minimum absolute atomic E-state index is 0.0249. The first-order valence-electron chi connectivity index (χ1n) is 9.70. The van der Waals surface area contributed by atoms with E-state index < -0.39 is 0 Å². The molecule has 0 unspecified atom stereocenters. The Balaban J connectivity index is 1.48. The van der Waals surface area contributed by atoms with E-state index in [4.69, 9.17) is 23.2 Å². The van der Waals surface area contributed by atoms with E-state index in [1.807, 2.05) is 23.1 Å². The molecule has 0 saturated carbocycles.